The lowest BCUT2D eigenvalue weighted by atomic mass is 10.4. The highest BCUT2D eigenvalue weighted by Gasteiger charge is 2.09. The van der Waals surface area contributed by atoms with Crippen molar-refractivity contribution in [3.05, 3.63) is 23.1 Å². The summed E-state index contributed by atoms with van der Waals surface area (Å²) in [6.07, 6.45) is 3.58. The zero-order chi connectivity index (χ0) is 12.2. The highest BCUT2D eigenvalue weighted by molar-refractivity contribution is 8.13. The van der Waals surface area contributed by atoms with Gasteiger partial charge in [-0.2, -0.15) is 0 Å². The summed E-state index contributed by atoms with van der Waals surface area (Å²) in [7, 11) is -3.60. The van der Waals surface area contributed by atoms with Crippen LogP contribution in [0.1, 0.15) is 11.8 Å². The van der Waals surface area contributed by atoms with Crippen LogP contribution in [0.15, 0.2) is 22.4 Å². The first-order valence-corrected chi connectivity index (χ1v) is 7.67. The van der Waals surface area contributed by atoms with Crippen LogP contribution in [-0.2, 0) is 14.8 Å². The van der Waals surface area contributed by atoms with E-state index < -0.39 is 10.0 Å². The van der Waals surface area contributed by atoms with Crippen molar-refractivity contribution >= 4 is 44.3 Å². The number of nitrogens with two attached hydrogens (primary N) is 1. The molecule has 4 nitrogen and oxygen atoms in total. The van der Waals surface area contributed by atoms with Crippen molar-refractivity contribution < 1.29 is 13.2 Å². The fourth-order valence-corrected chi connectivity index (χ4v) is 3.01. The summed E-state index contributed by atoms with van der Waals surface area (Å²) in [6.45, 7) is 1.50. The summed E-state index contributed by atoms with van der Waals surface area (Å²) in [6, 6.07) is 3.15. The van der Waals surface area contributed by atoms with E-state index in [9.17, 15) is 13.2 Å². The number of carbonyl (C=O) groups excluding carboxylic acids is 1. The number of primary sulfonamides is 1. The third-order valence-electron chi connectivity index (χ3n) is 1.55. The van der Waals surface area contributed by atoms with Crippen LogP contribution in [0.3, 0.4) is 0 Å². The van der Waals surface area contributed by atoms with Gasteiger partial charge >= 0.3 is 0 Å². The van der Waals surface area contributed by atoms with Crippen LogP contribution in [0.2, 0.25) is 0 Å². The van der Waals surface area contributed by atoms with E-state index in [1.165, 1.54) is 24.8 Å². The molecule has 88 valence electrons. The minimum atomic E-state index is -3.60. The highest BCUT2D eigenvalue weighted by atomic mass is 32.2. The third kappa shape index (κ3) is 4.48. The third-order valence-corrected chi connectivity index (χ3v) is 4.80. The summed E-state index contributed by atoms with van der Waals surface area (Å²) in [5.74, 6) is 0.581. The maximum atomic E-state index is 11.0. The average molecular weight is 277 g/mol. The molecule has 0 radical (unpaired) electrons. The fourth-order valence-electron chi connectivity index (χ4n) is 0.907. The molecule has 0 aromatic carbocycles. The topological polar surface area (TPSA) is 77.2 Å². The molecule has 0 aliphatic carbocycles. The minimum absolute atomic E-state index is 0.0565. The van der Waals surface area contributed by atoms with E-state index in [0.717, 1.165) is 16.2 Å². The second-order valence-electron chi connectivity index (χ2n) is 2.91. The van der Waals surface area contributed by atoms with Crippen molar-refractivity contribution in [2.24, 2.45) is 5.14 Å². The molecule has 0 bridgehead atoms. The molecule has 0 aliphatic rings. The normalized spacial score (nSPS) is 12.1. The smallest absolute Gasteiger partial charge is 0.247 e. The highest BCUT2D eigenvalue weighted by Crippen LogP contribution is 2.21. The molecule has 0 fully saturated rings. The van der Waals surface area contributed by atoms with Gasteiger partial charge in [-0.05, 0) is 18.2 Å². The number of thiophene rings is 1. The van der Waals surface area contributed by atoms with E-state index in [0.29, 0.717) is 5.75 Å². The molecule has 1 rings (SSSR count). The number of carbonyl (C=O) groups is 1. The van der Waals surface area contributed by atoms with Gasteiger partial charge in [0.2, 0.25) is 10.0 Å². The van der Waals surface area contributed by atoms with Crippen LogP contribution in [0.5, 0.6) is 0 Å². The van der Waals surface area contributed by atoms with Crippen LogP contribution >= 0.6 is 23.1 Å². The van der Waals surface area contributed by atoms with Crippen molar-refractivity contribution in [1.82, 2.24) is 0 Å². The Morgan fingerprint density at radius 3 is 2.75 bits per heavy atom. The number of sulfonamides is 1. The van der Waals surface area contributed by atoms with Crippen molar-refractivity contribution in [3.8, 4) is 0 Å². The van der Waals surface area contributed by atoms with Gasteiger partial charge in [0.05, 0.1) is 0 Å². The number of thioether (sulfide) groups is 1. The molecule has 1 aromatic rings. The van der Waals surface area contributed by atoms with E-state index in [4.69, 9.17) is 5.14 Å². The maximum absolute atomic E-state index is 11.0. The van der Waals surface area contributed by atoms with Gasteiger partial charge in [-0.3, -0.25) is 4.79 Å². The monoisotopic (exact) mass is 277 g/mol. The SMILES string of the molecule is CC(=O)SCC=Cc1ccc(S(N)(=O)=O)s1. The van der Waals surface area contributed by atoms with Gasteiger partial charge in [-0.15, -0.1) is 11.3 Å². The molecule has 0 saturated carbocycles. The summed E-state index contributed by atoms with van der Waals surface area (Å²) in [5.41, 5.74) is 0. The molecular formula is C9H11NO3S3. The molecule has 7 heteroatoms. The summed E-state index contributed by atoms with van der Waals surface area (Å²) < 4.78 is 22.1. The number of hydrogen-bond donors (Lipinski definition) is 1. The molecular weight excluding hydrogens is 266 g/mol. The predicted molar refractivity (Wildman–Crippen MR) is 67.9 cm³/mol. The molecule has 1 aromatic heterocycles. The van der Waals surface area contributed by atoms with Crippen LogP contribution in [0.4, 0.5) is 0 Å². The van der Waals surface area contributed by atoms with Crippen molar-refractivity contribution in [2.45, 2.75) is 11.1 Å². The van der Waals surface area contributed by atoms with Gasteiger partial charge in [0.1, 0.15) is 4.21 Å². The van der Waals surface area contributed by atoms with E-state index >= 15 is 0 Å². The first kappa shape index (κ1) is 13.4. The number of rotatable bonds is 4. The second kappa shape index (κ2) is 5.62. The Morgan fingerprint density at radius 1 is 1.56 bits per heavy atom. The molecule has 0 amide bonds. The van der Waals surface area contributed by atoms with Gasteiger partial charge in [0.15, 0.2) is 5.12 Å². The number of hydrogen-bond acceptors (Lipinski definition) is 5. The molecule has 0 atom stereocenters. The zero-order valence-electron chi connectivity index (χ0n) is 8.54. The molecule has 1 heterocycles. The first-order valence-electron chi connectivity index (χ1n) is 4.32. The predicted octanol–water partition coefficient (Wildman–Crippen LogP) is 1.69. The van der Waals surface area contributed by atoms with Crippen molar-refractivity contribution in [2.75, 3.05) is 5.75 Å². The van der Waals surface area contributed by atoms with Crippen LogP contribution in [0, 0.1) is 0 Å². The summed E-state index contributed by atoms with van der Waals surface area (Å²) in [5, 5.41) is 5.03. The Hall–Kier alpha value is -0.630. The molecule has 0 spiro atoms. The summed E-state index contributed by atoms with van der Waals surface area (Å²) >= 11 is 2.30. The quantitative estimate of drug-likeness (QED) is 0.908. The lowest BCUT2D eigenvalue weighted by molar-refractivity contribution is -0.109. The lowest BCUT2D eigenvalue weighted by Crippen LogP contribution is -2.09. The summed E-state index contributed by atoms with van der Waals surface area (Å²) in [4.78, 5) is 11.4. The Kier molecular flexibility index (Phi) is 4.72. The van der Waals surface area contributed by atoms with Gasteiger partial charge in [-0.1, -0.05) is 17.8 Å². The van der Waals surface area contributed by atoms with E-state index in [-0.39, 0.29) is 9.32 Å². The van der Waals surface area contributed by atoms with Crippen molar-refractivity contribution in [3.63, 3.8) is 0 Å². The Labute approximate surface area is 103 Å². The maximum Gasteiger partial charge on any atom is 0.247 e. The van der Waals surface area contributed by atoms with Crippen LogP contribution in [0.25, 0.3) is 6.08 Å². The average Bonchev–Trinajstić information content (AvgIpc) is 2.59. The molecule has 0 unspecified atom stereocenters. The second-order valence-corrected chi connectivity index (χ2v) is 7.01. The fraction of sp³-hybridized carbons (Fsp3) is 0.222. The van der Waals surface area contributed by atoms with Gasteiger partial charge in [0, 0.05) is 17.6 Å². The minimum Gasteiger partial charge on any atom is -0.288 e. The van der Waals surface area contributed by atoms with Crippen LogP contribution in [-0.4, -0.2) is 19.3 Å². The first-order chi connectivity index (χ1) is 7.39. The zero-order valence-corrected chi connectivity index (χ0v) is 11.0. The Balaban J connectivity index is 2.63. The Bertz CT molecular complexity index is 502. The van der Waals surface area contributed by atoms with E-state index in [1.54, 1.807) is 12.1 Å². The van der Waals surface area contributed by atoms with Crippen LogP contribution < -0.4 is 5.14 Å². The van der Waals surface area contributed by atoms with Gasteiger partial charge < -0.3 is 0 Å². The lowest BCUT2D eigenvalue weighted by Gasteiger charge is -1.89. The largest absolute Gasteiger partial charge is 0.288 e. The standard InChI is InChI=1S/C9H11NO3S3/c1-7(11)14-6-2-3-8-4-5-9(15-8)16(10,12)13/h2-5H,6H2,1H3,(H2,10,12,13). The van der Waals surface area contributed by atoms with Gasteiger partial charge in [-0.25, -0.2) is 13.6 Å². The molecule has 2 N–H and O–H groups in total. The van der Waals surface area contributed by atoms with E-state index in [1.807, 2.05) is 6.08 Å². The molecule has 16 heavy (non-hydrogen) atoms. The van der Waals surface area contributed by atoms with E-state index in [2.05, 4.69) is 0 Å². The Morgan fingerprint density at radius 2 is 2.25 bits per heavy atom. The van der Waals surface area contributed by atoms with Gasteiger partial charge in [0.25, 0.3) is 0 Å². The van der Waals surface area contributed by atoms with Crippen molar-refractivity contribution in [1.29, 1.82) is 0 Å². The molecule has 0 aliphatic heterocycles. The molecule has 0 saturated heterocycles.